The Bertz CT molecular complexity index is 683. The van der Waals surface area contributed by atoms with Crippen LogP contribution in [0.4, 0.5) is 11.6 Å². The highest BCUT2D eigenvalue weighted by Crippen LogP contribution is 2.25. The molecule has 0 atom stereocenters. The highest BCUT2D eigenvalue weighted by Gasteiger charge is 2.13. The number of ether oxygens (including phenoxy) is 1. The average Bonchev–Trinajstić information content (AvgIpc) is 2.69. The van der Waals surface area contributed by atoms with Crippen LogP contribution in [0.5, 0.6) is 5.75 Å². The van der Waals surface area contributed by atoms with Gasteiger partial charge in [-0.15, -0.1) is 0 Å². The third-order valence-electron chi connectivity index (χ3n) is 3.81. The zero-order chi connectivity index (χ0) is 20.8. The van der Waals surface area contributed by atoms with Gasteiger partial charge in [0.2, 0.25) is 0 Å². The minimum atomic E-state index is -0.730. The van der Waals surface area contributed by atoms with Gasteiger partial charge in [0.05, 0.1) is 6.10 Å². The first-order valence-electron chi connectivity index (χ1n) is 9.35. The van der Waals surface area contributed by atoms with Crippen LogP contribution in [0.15, 0.2) is 42.7 Å². The van der Waals surface area contributed by atoms with E-state index in [4.69, 9.17) is 15.1 Å². The van der Waals surface area contributed by atoms with Crippen molar-refractivity contribution >= 4 is 17.6 Å². The molecular weight excluding hydrogens is 360 g/mol. The van der Waals surface area contributed by atoms with E-state index in [1.165, 1.54) is 0 Å². The summed E-state index contributed by atoms with van der Waals surface area (Å²) >= 11 is 0. The van der Waals surface area contributed by atoms with Crippen molar-refractivity contribution in [3.05, 3.63) is 42.7 Å². The molecule has 2 heterocycles. The Morgan fingerprint density at radius 2 is 1.79 bits per heavy atom. The molecule has 0 saturated heterocycles. The van der Waals surface area contributed by atoms with Crippen molar-refractivity contribution in [1.82, 2.24) is 9.97 Å². The van der Waals surface area contributed by atoms with Crippen LogP contribution in [-0.2, 0) is 4.79 Å². The molecule has 0 bridgehead atoms. The molecule has 0 aliphatic rings. The Labute approximate surface area is 166 Å². The smallest absolute Gasteiger partial charge is 0.303 e. The number of carboxylic acids is 1. The van der Waals surface area contributed by atoms with Gasteiger partial charge in [-0.25, -0.2) is 15.9 Å². The molecule has 0 amide bonds. The van der Waals surface area contributed by atoms with Gasteiger partial charge in [-0.3, -0.25) is 4.79 Å². The second-order valence-electron chi connectivity index (χ2n) is 6.41. The highest BCUT2D eigenvalue weighted by molar-refractivity contribution is 5.66. The number of aliphatic carboxylic acids is 1. The number of nitrogens with two attached hydrogens (primary N) is 1. The van der Waals surface area contributed by atoms with E-state index in [9.17, 15) is 4.79 Å². The molecule has 0 aliphatic carbocycles. The first kappa shape index (κ1) is 23.3. The van der Waals surface area contributed by atoms with Crippen molar-refractivity contribution in [2.24, 2.45) is 5.90 Å². The van der Waals surface area contributed by atoms with E-state index in [1.54, 1.807) is 12.4 Å². The lowest BCUT2D eigenvalue weighted by atomic mass is 10.1. The van der Waals surface area contributed by atoms with Crippen LogP contribution < -0.4 is 15.5 Å². The molecule has 28 heavy (non-hydrogen) atoms. The Hall–Kier alpha value is -2.71. The maximum Gasteiger partial charge on any atom is 0.303 e. The number of aromatic nitrogens is 2. The van der Waals surface area contributed by atoms with Crippen molar-refractivity contribution < 1.29 is 19.8 Å². The standard InChI is InChI=1S/C20H27N3O3.H3NO/c1-16(2)26-17-11-13-22-19(15-17)23(18-9-6-7-12-21-18)14-8-4-3-5-10-20(24)25;1-2/h6-7,9,11-13,15-16H,3-5,8,10,14H2,1-2H3,(H,24,25);2H,1H2. The van der Waals surface area contributed by atoms with E-state index < -0.39 is 5.97 Å². The Morgan fingerprint density at radius 3 is 2.43 bits per heavy atom. The van der Waals surface area contributed by atoms with E-state index in [1.807, 2.05) is 44.2 Å². The van der Waals surface area contributed by atoms with Gasteiger partial charge in [-0.1, -0.05) is 18.9 Å². The summed E-state index contributed by atoms with van der Waals surface area (Å²) in [6.07, 6.45) is 7.38. The van der Waals surface area contributed by atoms with Gasteiger partial charge < -0.3 is 20.0 Å². The molecule has 154 valence electrons. The summed E-state index contributed by atoms with van der Waals surface area (Å²) in [5, 5.41) is 15.2. The Morgan fingerprint density at radius 1 is 1.07 bits per heavy atom. The molecule has 0 aromatic carbocycles. The number of anilines is 2. The summed E-state index contributed by atoms with van der Waals surface area (Å²) in [5.41, 5.74) is 0. The molecule has 2 aromatic rings. The number of nitrogens with zero attached hydrogens (tertiary/aromatic N) is 3. The lowest BCUT2D eigenvalue weighted by Gasteiger charge is -2.23. The summed E-state index contributed by atoms with van der Waals surface area (Å²) < 4.78 is 5.78. The highest BCUT2D eigenvalue weighted by atomic mass is 16.5. The van der Waals surface area contributed by atoms with Gasteiger partial charge in [-0.2, -0.15) is 0 Å². The van der Waals surface area contributed by atoms with E-state index >= 15 is 0 Å². The largest absolute Gasteiger partial charge is 0.491 e. The number of hydrogen-bond acceptors (Lipinski definition) is 7. The van der Waals surface area contributed by atoms with Crippen LogP contribution in [-0.4, -0.2) is 38.9 Å². The van der Waals surface area contributed by atoms with Gasteiger partial charge in [0, 0.05) is 31.4 Å². The van der Waals surface area contributed by atoms with Crippen LogP contribution in [0.1, 0.15) is 46.0 Å². The molecule has 0 saturated carbocycles. The van der Waals surface area contributed by atoms with Gasteiger partial charge in [0.1, 0.15) is 17.4 Å². The van der Waals surface area contributed by atoms with Crippen LogP contribution in [0.3, 0.4) is 0 Å². The van der Waals surface area contributed by atoms with Crippen LogP contribution in [0.25, 0.3) is 0 Å². The molecule has 4 N–H and O–H groups in total. The molecule has 0 unspecified atom stereocenters. The van der Waals surface area contributed by atoms with E-state index in [-0.39, 0.29) is 12.5 Å². The molecular formula is C20H30N4O4. The number of unbranched alkanes of at least 4 members (excludes halogenated alkanes) is 3. The molecule has 0 aliphatic heterocycles. The molecule has 2 rings (SSSR count). The van der Waals surface area contributed by atoms with Gasteiger partial charge in [0.15, 0.2) is 0 Å². The second kappa shape index (κ2) is 13.5. The van der Waals surface area contributed by atoms with Gasteiger partial charge in [-0.05, 0) is 44.9 Å². The summed E-state index contributed by atoms with van der Waals surface area (Å²) in [6, 6.07) is 9.59. The monoisotopic (exact) mass is 390 g/mol. The topological polar surface area (TPSA) is 122 Å². The van der Waals surface area contributed by atoms with Crippen LogP contribution in [0.2, 0.25) is 0 Å². The summed E-state index contributed by atoms with van der Waals surface area (Å²) in [6.45, 7) is 4.75. The maximum absolute atomic E-state index is 10.6. The number of carboxylic acid groups (broad SMARTS) is 1. The van der Waals surface area contributed by atoms with Crippen molar-refractivity contribution in [2.75, 3.05) is 11.4 Å². The zero-order valence-electron chi connectivity index (χ0n) is 16.5. The number of carbonyl (C=O) groups is 1. The number of hydrogen-bond donors (Lipinski definition) is 3. The fourth-order valence-electron chi connectivity index (χ4n) is 2.65. The lowest BCUT2D eigenvalue weighted by molar-refractivity contribution is -0.137. The lowest BCUT2D eigenvalue weighted by Crippen LogP contribution is -2.21. The minimum Gasteiger partial charge on any atom is -0.491 e. The van der Waals surface area contributed by atoms with Crippen molar-refractivity contribution in [1.29, 1.82) is 0 Å². The molecule has 8 heteroatoms. The average molecular weight is 390 g/mol. The molecule has 2 aromatic heterocycles. The predicted molar refractivity (Wildman–Crippen MR) is 108 cm³/mol. The molecule has 0 radical (unpaired) electrons. The normalized spacial score (nSPS) is 10.2. The van der Waals surface area contributed by atoms with Gasteiger partial charge >= 0.3 is 5.97 Å². The predicted octanol–water partition coefficient (Wildman–Crippen LogP) is 3.77. The third kappa shape index (κ3) is 8.79. The minimum absolute atomic E-state index is 0.0998. The SMILES string of the molecule is CC(C)Oc1ccnc(N(CCCCCCC(=O)O)c2ccccn2)c1.NO. The zero-order valence-corrected chi connectivity index (χ0v) is 16.5. The quantitative estimate of drug-likeness (QED) is 0.391. The van der Waals surface area contributed by atoms with E-state index in [0.717, 1.165) is 49.6 Å². The number of pyridine rings is 2. The maximum atomic E-state index is 10.6. The van der Waals surface area contributed by atoms with Crippen molar-refractivity contribution in [2.45, 2.75) is 52.1 Å². The third-order valence-corrected chi connectivity index (χ3v) is 3.81. The van der Waals surface area contributed by atoms with Crippen molar-refractivity contribution in [3.8, 4) is 5.75 Å². The number of rotatable bonds is 11. The van der Waals surface area contributed by atoms with E-state index in [2.05, 4.69) is 20.8 Å². The summed E-state index contributed by atoms with van der Waals surface area (Å²) in [7, 11) is 0. The first-order valence-corrected chi connectivity index (χ1v) is 9.35. The first-order chi connectivity index (χ1) is 13.6. The fourth-order valence-corrected chi connectivity index (χ4v) is 2.65. The Balaban J connectivity index is 0.00000190. The second-order valence-corrected chi connectivity index (χ2v) is 6.41. The summed E-state index contributed by atoms with van der Waals surface area (Å²) in [5.74, 6) is 5.19. The molecule has 8 nitrogen and oxygen atoms in total. The van der Waals surface area contributed by atoms with Crippen molar-refractivity contribution in [3.63, 3.8) is 0 Å². The van der Waals surface area contributed by atoms with Crippen LogP contribution in [0, 0.1) is 0 Å². The molecule has 0 fully saturated rings. The van der Waals surface area contributed by atoms with Crippen LogP contribution >= 0.6 is 0 Å². The van der Waals surface area contributed by atoms with Gasteiger partial charge in [0.25, 0.3) is 0 Å². The summed E-state index contributed by atoms with van der Waals surface area (Å²) in [4.78, 5) is 21.6. The Kier molecular flexibility index (Phi) is 11.2. The fraction of sp³-hybridized carbons (Fsp3) is 0.450. The molecule has 0 spiro atoms. The van der Waals surface area contributed by atoms with E-state index in [0.29, 0.717) is 0 Å².